The van der Waals surface area contributed by atoms with Crippen molar-refractivity contribution in [3.63, 3.8) is 0 Å². The van der Waals surface area contributed by atoms with Gasteiger partial charge in [0.15, 0.2) is 12.3 Å². The molecule has 58 valence electrons. The molecule has 3 nitrogen and oxygen atoms in total. The summed E-state index contributed by atoms with van der Waals surface area (Å²) in [4.78, 5) is 10.1. The molecule has 0 aliphatic carbocycles. The average Bonchev–Trinajstić information content (AvgIpc) is 2.34. The number of halogens is 2. The van der Waals surface area contributed by atoms with E-state index in [4.69, 9.17) is 0 Å². The van der Waals surface area contributed by atoms with Crippen molar-refractivity contribution in [1.82, 2.24) is 0 Å². The van der Waals surface area contributed by atoms with Crippen LogP contribution in [0.1, 0.15) is 0 Å². The van der Waals surface area contributed by atoms with Gasteiger partial charge >= 0.3 is 6.16 Å². The first-order valence-corrected chi connectivity index (χ1v) is 2.77. The second kappa shape index (κ2) is 2.81. The molecule has 2 atom stereocenters. The fourth-order valence-corrected chi connectivity index (χ4v) is 0.619. The van der Waals surface area contributed by atoms with E-state index in [1.807, 2.05) is 0 Å². The summed E-state index contributed by atoms with van der Waals surface area (Å²) in [6.45, 7) is -1.34. The third kappa shape index (κ3) is 1.34. The fourth-order valence-electron chi connectivity index (χ4n) is 0.619. The van der Waals surface area contributed by atoms with Crippen molar-refractivity contribution in [2.75, 3.05) is 13.3 Å². The van der Waals surface area contributed by atoms with E-state index in [-0.39, 0.29) is 6.61 Å². The zero-order chi connectivity index (χ0) is 7.56. The highest BCUT2D eigenvalue weighted by molar-refractivity contribution is 5.61. The minimum Gasteiger partial charge on any atom is -0.430 e. The van der Waals surface area contributed by atoms with Crippen LogP contribution in [0.3, 0.4) is 0 Å². The first kappa shape index (κ1) is 7.24. The molecule has 5 heteroatoms. The standard InChI is InChI=1S/C5H6F2O3/c6-1-3(7)4-2-9-5(8)10-4/h3-4H,1-2H2. The molecule has 0 saturated carbocycles. The maximum atomic E-state index is 12.3. The molecule has 2 unspecified atom stereocenters. The van der Waals surface area contributed by atoms with Crippen molar-refractivity contribution < 1.29 is 23.0 Å². The molecule has 10 heavy (non-hydrogen) atoms. The summed E-state index contributed by atoms with van der Waals surface area (Å²) < 4.78 is 32.3. The smallest absolute Gasteiger partial charge is 0.430 e. The summed E-state index contributed by atoms with van der Waals surface area (Å²) in [5, 5.41) is 0. The quantitative estimate of drug-likeness (QED) is 0.550. The van der Waals surface area contributed by atoms with E-state index in [0.717, 1.165) is 0 Å². The van der Waals surface area contributed by atoms with Crippen molar-refractivity contribution in [1.29, 1.82) is 0 Å². The van der Waals surface area contributed by atoms with E-state index < -0.39 is 25.1 Å². The van der Waals surface area contributed by atoms with Crippen molar-refractivity contribution >= 4 is 6.16 Å². The maximum absolute atomic E-state index is 12.3. The molecule has 1 heterocycles. The van der Waals surface area contributed by atoms with E-state index in [1.54, 1.807) is 0 Å². The van der Waals surface area contributed by atoms with Gasteiger partial charge < -0.3 is 9.47 Å². The number of cyclic esters (lactones) is 2. The molecular formula is C5H6F2O3. The van der Waals surface area contributed by atoms with Crippen molar-refractivity contribution in [3.8, 4) is 0 Å². The molecule has 0 radical (unpaired) electrons. The van der Waals surface area contributed by atoms with Crippen LogP contribution in [-0.4, -0.2) is 31.7 Å². The summed E-state index contributed by atoms with van der Waals surface area (Å²) in [6, 6.07) is 0. The van der Waals surface area contributed by atoms with Crippen molar-refractivity contribution in [2.24, 2.45) is 0 Å². The monoisotopic (exact) mass is 152 g/mol. The molecule has 0 spiro atoms. The molecule has 1 saturated heterocycles. The molecule has 0 bridgehead atoms. The summed E-state index contributed by atoms with van der Waals surface area (Å²) in [5.41, 5.74) is 0. The summed E-state index contributed by atoms with van der Waals surface area (Å²) in [6.07, 6.45) is -3.75. The lowest BCUT2D eigenvalue weighted by molar-refractivity contribution is 0.0699. The average molecular weight is 152 g/mol. The van der Waals surface area contributed by atoms with Gasteiger partial charge in [-0.25, -0.2) is 13.6 Å². The Kier molecular flexibility index (Phi) is 2.03. The Bertz CT molecular complexity index is 139. The lowest BCUT2D eigenvalue weighted by Gasteiger charge is -2.06. The molecule has 1 aliphatic rings. The van der Waals surface area contributed by atoms with Crippen LogP contribution in [-0.2, 0) is 9.47 Å². The summed E-state index contributed by atoms with van der Waals surface area (Å²) in [5.74, 6) is 0. The van der Waals surface area contributed by atoms with E-state index in [0.29, 0.717) is 0 Å². The normalized spacial score (nSPS) is 27.4. The highest BCUT2D eigenvalue weighted by atomic mass is 19.2. The summed E-state index contributed by atoms with van der Waals surface area (Å²) in [7, 11) is 0. The van der Waals surface area contributed by atoms with Gasteiger partial charge in [-0.1, -0.05) is 0 Å². The van der Waals surface area contributed by atoms with Crippen LogP contribution in [0.5, 0.6) is 0 Å². The molecule has 0 aromatic carbocycles. The van der Waals surface area contributed by atoms with Crippen LogP contribution in [0.15, 0.2) is 0 Å². The second-order valence-corrected chi connectivity index (χ2v) is 1.89. The third-order valence-corrected chi connectivity index (χ3v) is 1.16. The Morgan fingerprint density at radius 2 is 2.50 bits per heavy atom. The fraction of sp³-hybridized carbons (Fsp3) is 0.800. The third-order valence-electron chi connectivity index (χ3n) is 1.16. The van der Waals surface area contributed by atoms with Gasteiger partial charge in [0.25, 0.3) is 0 Å². The maximum Gasteiger partial charge on any atom is 0.508 e. The lowest BCUT2D eigenvalue weighted by Crippen LogP contribution is -2.25. The van der Waals surface area contributed by atoms with Gasteiger partial charge in [-0.3, -0.25) is 0 Å². The van der Waals surface area contributed by atoms with E-state index in [1.165, 1.54) is 0 Å². The van der Waals surface area contributed by atoms with Crippen LogP contribution in [0, 0.1) is 0 Å². The molecule has 0 N–H and O–H groups in total. The number of carbonyl (C=O) groups is 1. The van der Waals surface area contributed by atoms with Crippen LogP contribution in [0.25, 0.3) is 0 Å². The predicted octanol–water partition coefficient (Wildman–Crippen LogP) is 0.829. The zero-order valence-corrected chi connectivity index (χ0v) is 5.05. The Balaban J connectivity index is 2.36. The molecule has 0 aromatic heterocycles. The van der Waals surface area contributed by atoms with E-state index in [2.05, 4.69) is 9.47 Å². The minimum atomic E-state index is -1.76. The molecule has 0 aromatic rings. The van der Waals surface area contributed by atoms with Crippen molar-refractivity contribution in [3.05, 3.63) is 0 Å². The number of carbonyl (C=O) groups excluding carboxylic acids is 1. The van der Waals surface area contributed by atoms with E-state index >= 15 is 0 Å². The Labute approximate surface area is 55.9 Å². The Morgan fingerprint density at radius 3 is 2.90 bits per heavy atom. The Morgan fingerprint density at radius 1 is 1.80 bits per heavy atom. The first-order chi connectivity index (χ1) is 4.74. The van der Waals surface area contributed by atoms with Crippen LogP contribution < -0.4 is 0 Å². The predicted molar refractivity (Wildman–Crippen MR) is 27.1 cm³/mol. The first-order valence-electron chi connectivity index (χ1n) is 2.77. The zero-order valence-electron chi connectivity index (χ0n) is 5.05. The lowest BCUT2D eigenvalue weighted by atomic mass is 10.2. The number of ether oxygens (including phenoxy) is 2. The molecule has 0 amide bonds. The van der Waals surface area contributed by atoms with Crippen LogP contribution in [0.2, 0.25) is 0 Å². The number of alkyl halides is 2. The largest absolute Gasteiger partial charge is 0.508 e. The molecule has 1 aliphatic heterocycles. The topological polar surface area (TPSA) is 35.5 Å². The molecular weight excluding hydrogens is 146 g/mol. The van der Waals surface area contributed by atoms with Crippen LogP contribution >= 0.6 is 0 Å². The summed E-state index contributed by atoms with van der Waals surface area (Å²) >= 11 is 0. The second-order valence-electron chi connectivity index (χ2n) is 1.89. The van der Waals surface area contributed by atoms with E-state index in [9.17, 15) is 13.6 Å². The van der Waals surface area contributed by atoms with Gasteiger partial charge in [0, 0.05) is 0 Å². The molecule has 1 rings (SSSR count). The minimum absolute atomic E-state index is 0.191. The van der Waals surface area contributed by atoms with Gasteiger partial charge in [0.1, 0.15) is 13.3 Å². The van der Waals surface area contributed by atoms with Gasteiger partial charge in [-0.15, -0.1) is 0 Å². The van der Waals surface area contributed by atoms with Gasteiger partial charge in [0.05, 0.1) is 0 Å². The van der Waals surface area contributed by atoms with Gasteiger partial charge in [-0.05, 0) is 0 Å². The van der Waals surface area contributed by atoms with Crippen LogP contribution in [0.4, 0.5) is 13.6 Å². The Hall–Kier alpha value is -0.870. The SMILES string of the molecule is O=C1OCC(C(F)CF)O1. The number of rotatable bonds is 2. The highest BCUT2D eigenvalue weighted by Gasteiger charge is 2.32. The molecule has 1 fully saturated rings. The van der Waals surface area contributed by atoms with Gasteiger partial charge in [-0.2, -0.15) is 0 Å². The van der Waals surface area contributed by atoms with Gasteiger partial charge in [0.2, 0.25) is 0 Å². The highest BCUT2D eigenvalue weighted by Crippen LogP contribution is 2.12. The number of hydrogen-bond donors (Lipinski definition) is 0. The number of hydrogen-bond acceptors (Lipinski definition) is 3. The van der Waals surface area contributed by atoms with Crippen molar-refractivity contribution in [2.45, 2.75) is 12.3 Å².